The average Bonchev–Trinajstić information content (AvgIpc) is 2.74. The Kier molecular flexibility index (Phi) is 2.31. The Labute approximate surface area is 80.8 Å². The van der Waals surface area contributed by atoms with Gasteiger partial charge in [-0.3, -0.25) is 4.79 Å². The molecule has 0 saturated heterocycles. The predicted octanol–water partition coefficient (Wildman–Crippen LogP) is 1.81. The smallest absolute Gasteiger partial charge is 0.309 e. The largest absolute Gasteiger partial charge is 0.466 e. The zero-order chi connectivity index (χ0) is 9.26. The molecule has 70 valence electrons. The molecule has 13 heavy (non-hydrogen) atoms. The summed E-state index contributed by atoms with van der Waals surface area (Å²) in [6, 6.07) is 0. The lowest BCUT2D eigenvalue weighted by molar-refractivity contribution is -0.144. The van der Waals surface area contributed by atoms with Crippen molar-refractivity contribution in [3.63, 3.8) is 0 Å². The van der Waals surface area contributed by atoms with Crippen LogP contribution in [0.1, 0.15) is 24.3 Å². The van der Waals surface area contributed by atoms with E-state index in [4.69, 9.17) is 4.74 Å². The molecular formula is C9H11NO2S. The highest BCUT2D eigenvalue weighted by molar-refractivity contribution is 7.09. The van der Waals surface area contributed by atoms with Gasteiger partial charge in [-0.1, -0.05) is 0 Å². The molecule has 1 heterocycles. The molecule has 1 aliphatic carbocycles. The van der Waals surface area contributed by atoms with Crippen LogP contribution in [0, 0.1) is 5.92 Å². The molecule has 2 atom stereocenters. The number of nitrogens with zero attached hydrogens (tertiary/aromatic N) is 1. The van der Waals surface area contributed by atoms with Crippen molar-refractivity contribution < 1.29 is 9.53 Å². The molecule has 0 unspecified atom stereocenters. The van der Waals surface area contributed by atoms with Crippen LogP contribution in [0.2, 0.25) is 0 Å². The summed E-state index contributed by atoms with van der Waals surface area (Å²) in [5.74, 6) is 0.341. The van der Waals surface area contributed by atoms with E-state index in [1.165, 1.54) is 0 Å². The fourth-order valence-corrected chi connectivity index (χ4v) is 2.21. The van der Waals surface area contributed by atoms with Crippen LogP contribution in [0.15, 0.2) is 11.6 Å². The van der Waals surface area contributed by atoms with Gasteiger partial charge < -0.3 is 4.74 Å². The second kappa shape index (κ2) is 3.46. The van der Waals surface area contributed by atoms with Crippen molar-refractivity contribution >= 4 is 17.3 Å². The third-order valence-corrected chi connectivity index (χ3v) is 3.06. The Bertz CT molecular complexity index is 297. The third kappa shape index (κ3) is 1.72. The van der Waals surface area contributed by atoms with E-state index in [1.807, 2.05) is 12.3 Å². The van der Waals surface area contributed by atoms with Crippen molar-refractivity contribution in [2.24, 2.45) is 5.92 Å². The van der Waals surface area contributed by atoms with Gasteiger partial charge in [0.2, 0.25) is 0 Å². The number of carbonyl (C=O) groups is 1. The topological polar surface area (TPSA) is 39.2 Å². The first kappa shape index (κ1) is 8.69. The minimum Gasteiger partial charge on any atom is -0.466 e. The number of hydrogen-bond acceptors (Lipinski definition) is 4. The molecular weight excluding hydrogens is 186 g/mol. The lowest BCUT2D eigenvalue weighted by atomic mass is 10.3. The van der Waals surface area contributed by atoms with Crippen LogP contribution in [0.3, 0.4) is 0 Å². The van der Waals surface area contributed by atoms with Gasteiger partial charge in [0.15, 0.2) is 0 Å². The molecule has 4 heteroatoms. The molecule has 0 amide bonds. The Morgan fingerprint density at radius 1 is 1.85 bits per heavy atom. The lowest BCUT2D eigenvalue weighted by Gasteiger charge is -1.98. The monoisotopic (exact) mass is 197 g/mol. The Balaban J connectivity index is 1.92. The van der Waals surface area contributed by atoms with E-state index >= 15 is 0 Å². The minimum atomic E-state index is -0.0669. The Morgan fingerprint density at radius 3 is 3.31 bits per heavy atom. The van der Waals surface area contributed by atoms with Crippen LogP contribution in [0.4, 0.5) is 0 Å². The second-order valence-electron chi connectivity index (χ2n) is 3.07. The maximum absolute atomic E-state index is 11.3. The molecule has 1 aromatic heterocycles. The highest BCUT2D eigenvalue weighted by Gasteiger charge is 2.46. The maximum Gasteiger partial charge on any atom is 0.309 e. The summed E-state index contributed by atoms with van der Waals surface area (Å²) in [4.78, 5) is 15.4. The number of hydrogen-bond donors (Lipinski definition) is 0. The molecule has 0 spiro atoms. The van der Waals surface area contributed by atoms with E-state index in [2.05, 4.69) is 4.98 Å². The van der Waals surface area contributed by atoms with Crippen molar-refractivity contribution in [3.05, 3.63) is 16.6 Å². The van der Waals surface area contributed by atoms with Crippen LogP contribution in [-0.4, -0.2) is 17.6 Å². The molecule has 0 N–H and O–H groups in total. The van der Waals surface area contributed by atoms with Gasteiger partial charge >= 0.3 is 5.97 Å². The molecule has 0 aromatic carbocycles. The average molecular weight is 197 g/mol. The molecule has 2 rings (SSSR count). The van der Waals surface area contributed by atoms with Crippen LogP contribution in [0.5, 0.6) is 0 Å². The van der Waals surface area contributed by atoms with E-state index in [-0.39, 0.29) is 11.9 Å². The van der Waals surface area contributed by atoms with Gasteiger partial charge in [0, 0.05) is 17.5 Å². The normalized spacial score (nSPS) is 25.6. The molecule has 3 nitrogen and oxygen atoms in total. The lowest BCUT2D eigenvalue weighted by Crippen LogP contribution is -2.07. The van der Waals surface area contributed by atoms with Crippen molar-refractivity contribution in [2.45, 2.75) is 19.3 Å². The van der Waals surface area contributed by atoms with Gasteiger partial charge in [0.05, 0.1) is 17.5 Å². The van der Waals surface area contributed by atoms with Crippen LogP contribution in [0.25, 0.3) is 0 Å². The zero-order valence-corrected chi connectivity index (χ0v) is 8.21. The van der Waals surface area contributed by atoms with E-state index < -0.39 is 0 Å². The van der Waals surface area contributed by atoms with Crippen LogP contribution >= 0.6 is 11.3 Å². The first-order valence-corrected chi connectivity index (χ1v) is 5.27. The molecule has 1 aliphatic rings. The predicted molar refractivity (Wildman–Crippen MR) is 49.6 cm³/mol. The third-order valence-electron chi connectivity index (χ3n) is 2.15. The van der Waals surface area contributed by atoms with Gasteiger partial charge in [-0.2, -0.15) is 0 Å². The van der Waals surface area contributed by atoms with Crippen molar-refractivity contribution in [2.75, 3.05) is 6.61 Å². The van der Waals surface area contributed by atoms with Crippen LogP contribution < -0.4 is 0 Å². The standard InChI is InChI=1S/C9H11NO2S/c1-2-12-9(11)7-5-6(7)8-10-3-4-13-8/h3-4,6-7H,2,5H2,1H3/t6-,7-/m0/s1. The number of carbonyl (C=O) groups excluding carboxylic acids is 1. The SMILES string of the molecule is CCOC(=O)[C@H]1C[C@@H]1c1nccs1. The summed E-state index contributed by atoms with van der Waals surface area (Å²) in [6.07, 6.45) is 2.69. The van der Waals surface area contributed by atoms with Gasteiger partial charge in [-0.15, -0.1) is 11.3 Å². The summed E-state index contributed by atoms with van der Waals surface area (Å²) in [5, 5.41) is 3.01. The van der Waals surface area contributed by atoms with E-state index in [0.717, 1.165) is 11.4 Å². The summed E-state index contributed by atoms with van der Waals surface area (Å²) in [5.41, 5.74) is 0. The fourth-order valence-electron chi connectivity index (χ4n) is 1.40. The summed E-state index contributed by atoms with van der Waals surface area (Å²) >= 11 is 1.61. The number of aromatic nitrogens is 1. The fraction of sp³-hybridized carbons (Fsp3) is 0.556. The number of thiazole rings is 1. The number of esters is 1. The number of ether oxygens (including phenoxy) is 1. The summed E-state index contributed by atoms with van der Waals surface area (Å²) in [6.45, 7) is 2.30. The minimum absolute atomic E-state index is 0.0669. The number of rotatable bonds is 3. The highest BCUT2D eigenvalue weighted by atomic mass is 32.1. The second-order valence-corrected chi connectivity index (χ2v) is 4.00. The molecule has 1 fully saturated rings. The van der Waals surface area contributed by atoms with Gasteiger partial charge in [0.1, 0.15) is 0 Å². The van der Waals surface area contributed by atoms with Gasteiger partial charge in [-0.05, 0) is 13.3 Å². The Morgan fingerprint density at radius 2 is 2.69 bits per heavy atom. The van der Waals surface area contributed by atoms with E-state index in [9.17, 15) is 4.79 Å². The van der Waals surface area contributed by atoms with E-state index in [1.54, 1.807) is 17.5 Å². The summed E-state index contributed by atoms with van der Waals surface area (Å²) < 4.78 is 4.93. The maximum atomic E-state index is 11.3. The molecule has 1 aromatic rings. The van der Waals surface area contributed by atoms with Crippen molar-refractivity contribution in [3.8, 4) is 0 Å². The van der Waals surface area contributed by atoms with Crippen LogP contribution in [-0.2, 0) is 9.53 Å². The molecule has 0 bridgehead atoms. The van der Waals surface area contributed by atoms with Gasteiger partial charge in [0.25, 0.3) is 0 Å². The summed E-state index contributed by atoms with van der Waals surface area (Å²) in [7, 11) is 0. The first-order chi connectivity index (χ1) is 6.33. The Hall–Kier alpha value is -0.900. The highest BCUT2D eigenvalue weighted by Crippen LogP contribution is 2.48. The van der Waals surface area contributed by atoms with Crippen molar-refractivity contribution in [1.29, 1.82) is 0 Å². The first-order valence-electron chi connectivity index (χ1n) is 4.39. The zero-order valence-electron chi connectivity index (χ0n) is 7.40. The quantitative estimate of drug-likeness (QED) is 0.694. The van der Waals surface area contributed by atoms with E-state index in [0.29, 0.717) is 12.5 Å². The molecule has 0 radical (unpaired) electrons. The van der Waals surface area contributed by atoms with Crippen molar-refractivity contribution in [1.82, 2.24) is 4.98 Å². The molecule has 1 saturated carbocycles. The molecule has 0 aliphatic heterocycles. The van der Waals surface area contributed by atoms with Gasteiger partial charge in [-0.25, -0.2) is 4.98 Å².